The van der Waals surface area contributed by atoms with Gasteiger partial charge in [0.15, 0.2) is 0 Å². The van der Waals surface area contributed by atoms with E-state index >= 15 is 0 Å². The minimum atomic E-state index is -2.19. The summed E-state index contributed by atoms with van der Waals surface area (Å²) in [5.74, 6) is 12.0. The molecule has 0 fully saturated rings. The fourth-order valence-electron chi connectivity index (χ4n) is 3.70. The Hall–Kier alpha value is -4.56. The Bertz CT molecular complexity index is 1260. The maximum absolute atomic E-state index is 13.8. The quantitative estimate of drug-likeness (QED) is 0.0828. The van der Waals surface area contributed by atoms with Gasteiger partial charge in [0, 0.05) is 5.56 Å². The average molecular weight is 472 g/mol. The van der Waals surface area contributed by atoms with Crippen molar-refractivity contribution in [3.8, 4) is 0 Å². The molecular formula is C26H25N5O4. The van der Waals surface area contributed by atoms with Crippen molar-refractivity contribution < 1.29 is 19.1 Å². The van der Waals surface area contributed by atoms with Crippen LogP contribution in [0.5, 0.6) is 0 Å². The van der Waals surface area contributed by atoms with Crippen LogP contribution < -0.4 is 17.1 Å². The fourth-order valence-corrected chi connectivity index (χ4v) is 3.70. The number of nitrogens with two attached hydrogens (primary N) is 2. The third kappa shape index (κ3) is 5.02. The van der Waals surface area contributed by atoms with E-state index < -0.39 is 17.4 Å². The highest BCUT2D eigenvalue weighted by molar-refractivity contribution is 6.10. The molecule has 3 aromatic carbocycles. The number of hydrogen-bond donors (Lipinski definition) is 3. The van der Waals surface area contributed by atoms with Crippen molar-refractivity contribution in [2.24, 2.45) is 16.7 Å². The zero-order valence-electron chi connectivity index (χ0n) is 19.0. The number of rotatable bonds is 9. The minimum absolute atomic E-state index is 0.0240. The van der Waals surface area contributed by atoms with Crippen LogP contribution in [0, 0.1) is 0 Å². The van der Waals surface area contributed by atoms with E-state index in [9.17, 15) is 14.4 Å². The minimum Gasteiger partial charge on any atom is -0.464 e. The lowest BCUT2D eigenvalue weighted by Crippen LogP contribution is -2.59. The number of hydrazine groups is 2. The van der Waals surface area contributed by atoms with E-state index in [1.165, 1.54) is 12.4 Å². The molecule has 0 aromatic heterocycles. The van der Waals surface area contributed by atoms with Crippen LogP contribution in [-0.2, 0) is 19.9 Å². The molecule has 3 rings (SSSR count). The zero-order chi connectivity index (χ0) is 25.3. The summed E-state index contributed by atoms with van der Waals surface area (Å²) in [6, 6.07) is 22.9. The van der Waals surface area contributed by atoms with Crippen molar-refractivity contribution in [3.63, 3.8) is 0 Å². The van der Waals surface area contributed by atoms with Crippen LogP contribution in [0.4, 0.5) is 5.69 Å². The molecule has 0 radical (unpaired) electrons. The molecule has 178 valence electrons. The van der Waals surface area contributed by atoms with Crippen LogP contribution >= 0.6 is 0 Å². The van der Waals surface area contributed by atoms with Crippen LogP contribution in [0.2, 0.25) is 0 Å². The zero-order valence-corrected chi connectivity index (χ0v) is 19.0. The standard InChI is InChI=1S/C26H25N5O4/c1-2-35-25(34)26(23(17-32)19-10-5-3-6-11-19,21-14-9-15-22(16-21)29-18-30-27)31(28)24(33)20-12-7-4-8-13-20/h3-16,18H,2,27-28H2,1H3,(H,29,30)/t26-/m0/s1. The normalized spacial score (nSPS) is 12.3. The summed E-state index contributed by atoms with van der Waals surface area (Å²) in [5, 5.41) is 0.720. The Morgan fingerprint density at radius 2 is 1.66 bits per heavy atom. The number of carbonyl (C=O) groups excluding carboxylic acids is 3. The highest BCUT2D eigenvalue weighted by Crippen LogP contribution is 2.42. The Balaban J connectivity index is 2.38. The summed E-state index contributed by atoms with van der Waals surface area (Å²) in [7, 11) is 0. The van der Waals surface area contributed by atoms with Crippen LogP contribution in [-0.4, -0.2) is 35.8 Å². The number of nitrogens with one attached hydrogen (secondary N) is 1. The molecule has 0 saturated heterocycles. The summed E-state index contributed by atoms with van der Waals surface area (Å²) in [6.07, 6.45) is 1.24. The van der Waals surface area contributed by atoms with Crippen molar-refractivity contribution in [1.29, 1.82) is 0 Å². The van der Waals surface area contributed by atoms with Gasteiger partial charge >= 0.3 is 5.97 Å². The molecule has 35 heavy (non-hydrogen) atoms. The van der Waals surface area contributed by atoms with Gasteiger partial charge in [-0.2, -0.15) is 0 Å². The Kier molecular flexibility index (Phi) is 8.26. The van der Waals surface area contributed by atoms with Crippen molar-refractivity contribution in [1.82, 2.24) is 10.4 Å². The largest absolute Gasteiger partial charge is 0.464 e. The lowest BCUT2D eigenvalue weighted by molar-refractivity contribution is -0.153. The summed E-state index contributed by atoms with van der Waals surface area (Å²) < 4.78 is 5.41. The maximum atomic E-state index is 13.8. The Morgan fingerprint density at radius 3 is 2.23 bits per heavy atom. The number of ether oxygens (including phenoxy) is 1. The smallest absolute Gasteiger partial charge is 0.343 e. The Labute approximate surface area is 202 Å². The predicted molar refractivity (Wildman–Crippen MR) is 133 cm³/mol. The highest BCUT2D eigenvalue weighted by Gasteiger charge is 2.53. The summed E-state index contributed by atoms with van der Waals surface area (Å²) in [6.45, 7) is 1.59. The molecule has 0 aliphatic rings. The Morgan fingerprint density at radius 1 is 1.03 bits per heavy atom. The molecule has 0 heterocycles. The number of hydrogen-bond acceptors (Lipinski definition) is 7. The van der Waals surface area contributed by atoms with Gasteiger partial charge in [0.1, 0.15) is 12.3 Å². The predicted octanol–water partition coefficient (Wildman–Crippen LogP) is 2.50. The molecule has 1 amide bonds. The first-order valence-corrected chi connectivity index (χ1v) is 10.7. The molecule has 0 bridgehead atoms. The number of amides is 1. The molecule has 0 unspecified atom stereocenters. The first kappa shape index (κ1) is 25.1. The molecule has 9 nitrogen and oxygen atoms in total. The molecule has 3 aromatic rings. The highest BCUT2D eigenvalue weighted by atomic mass is 16.5. The van der Waals surface area contributed by atoms with Crippen LogP contribution in [0.25, 0.3) is 5.57 Å². The van der Waals surface area contributed by atoms with Crippen LogP contribution in [0.15, 0.2) is 89.9 Å². The van der Waals surface area contributed by atoms with E-state index in [4.69, 9.17) is 16.4 Å². The SMILES string of the molecule is CCOC(=O)[C@@](C(=C=O)c1ccccc1)(c1cccc(N=CNN)c1)N(N)C(=O)c1ccccc1. The lowest BCUT2D eigenvalue weighted by Gasteiger charge is -2.39. The fraction of sp³-hybridized carbons (Fsp3) is 0.115. The van der Waals surface area contributed by atoms with Gasteiger partial charge < -0.3 is 10.2 Å². The van der Waals surface area contributed by atoms with Crippen LogP contribution in [0.1, 0.15) is 28.4 Å². The summed E-state index contributed by atoms with van der Waals surface area (Å²) in [5.41, 5.74) is 1.03. The molecule has 9 heteroatoms. The van der Waals surface area contributed by atoms with Crippen molar-refractivity contribution in [2.75, 3.05) is 6.61 Å². The second-order valence-corrected chi connectivity index (χ2v) is 7.29. The average Bonchev–Trinajstić information content (AvgIpc) is 2.91. The van der Waals surface area contributed by atoms with E-state index in [0.29, 0.717) is 11.3 Å². The molecule has 5 N–H and O–H groups in total. The van der Waals surface area contributed by atoms with Gasteiger partial charge in [0.05, 0.1) is 17.9 Å². The maximum Gasteiger partial charge on any atom is 0.343 e. The molecule has 0 spiro atoms. The first-order valence-electron chi connectivity index (χ1n) is 10.7. The van der Waals surface area contributed by atoms with E-state index in [0.717, 1.165) is 5.01 Å². The van der Waals surface area contributed by atoms with E-state index in [1.807, 2.05) is 5.94 Å². The third-order valence-corrected chi connectivity index (χ3v) is 5.25. The number of carbonyl (C=O) groups is 2. The summed E-state index contributed by atoms with van der Waals surface area (Å²) in [4.78, 5) is 44.0. The monoisotopic (exact) mass is 471 g/mol. The van der Waals surface area contributed by atoms with Gasteiger partial charge in [0.25, 0.3) is 5.91 Å². The second kappa shape index (κ2) is 11.5. The first-order chi connectivity index (χ1) is 17.0. The summed E-state index contributed by atoms with van der Waals surface area (Å²) >= 11 is 0. The van der Waals surface area contributed by atoms with E-state index in [2.05, 4.69) is 10.4 Å². The van der Waals surface area contributed by atoms with Crippen LogP contribution in [0.3, 0.4) is 0 Å². The van der Waals surface area contributed by atoms with Crippen molar-refractivity contribution >= 4 is 35.4 Å². The van der Waals surface area contributed by atoms with Gasteiger partial charge in [-0.05, 0) is 42.3 Å². The van der Waals surface area contributed by atoms with Crippen molar-refractivity contribution in [2.45, 2.75) is 12.5 Å². The molecule has 0 saturated carbocycles. The second-order valence-electron chi connectivity index (χ2n) is 7.29. The van der Waals surface area contributed by atoms with E-state index in [-0.39, 0.29) is 23.3 Å². The topological polar surface area (TPSA) is 140 Å². The molecule has 0 aliphatic carbocycles. The number of aliphatic imine (C=N–C) groups is 1. The third-order valence-electron chi connectivity index (χ3n) is 5.25. The van der Waals surface area contributed by atoms with E-state index in [1.54, 1.807) is 85.8 Å². The number of benzene rings is 3. The molecule has 1 atom stereocenters. The van der Waals surface area contributed by atoms with Gasteiger partial charge in [-0.3, -0.25) is 4.79 Å². The molecular weight excluding hydrogens is 446 g/mol. The van der Waals surface area contributed by atoms with Crippen molar-refractivity contribution in [3.05, 3.63) is 102 Å². The van der Waals surface area contributed by atoms with Gasteiger partial charge in [-0.1, -0.05) is 60.7 Å². The van der Waals surface area contributed by atoms with Gasteiger partial charge in [0.2, 0.25) is 5.54 Å². The van der Waals surface area contributed by atoms with Gasteiger partial charge in [-0.25, -0.2) is 31.3 Å². The van der Waals surface area contributed by atoms with Gasteiger partial charge in [-0.15, -0.1) is 0 Å². The number of esters is 1. The lowest BCUT2D eigenvalue weighted by atomic mass is 9.78. The number of nitrogens with zero attached hydrogens (tertiary/aromatic N) is 2. The molecule has 0 aliphatic heterocycles.